The highest BCUT2D eigenvalue weighted by molar-refractivity contribution is 6.52. The number of H-pyrrole nitrogens is 1. The Morgan fingerprint density at radius 1 is 1.11 bits per heavy atom. The Morgan fingerprint density at radius 2 is 1.91 bits per heavy atom. The lowest BCUT2D eigenvalue weighted by Crippen LogP contribution is -2.29. The number of rotatable bonds is 5. The second-order valence-corrected chi connectivity index (χ2v) is 8.42. The van der Waals surface area contributed by atoms with Crippen LogP contribution in [0.25, 0.3) is 16.7 Å². The zero-order chi connectivity index (χ0) is 24.7. The number of fused-ring (bicyclic) bond motifs is 1. The number of ketones is 1. The Bertz CT molecular complexity index is 1510. The summed E-state index contributed by atoms with van der Waals surface area (Å²) in [7, 11) is 0. The molecule has 35 heavy (non-hydrogen) atoms. The molecule has 6 nitrogen and oxygen atoms in total. The number of aromatic nitrogens is 1. The van der Waals surface area contributed by atoms with Crippen molar-refractivity contribution >= 4 is 45.6 Å². The van der Waals surface area contributed by atoms with E-state index < -0.39 is 23.5 Å². The zero-order valence-corrected chi connectivity index (χ0v) is 19.3. The van der Waals surface area contributed by atoms with E-state index in [1.807, 2.05) is 24.3 Å². The number of anilines is 1. The maximum absolute atomic E-state index is 14.1. The molecule has 0 bridgehead atoms. The summed E-state index contributed by atoms with van der Waals surface area (Å²) in [6.07, 6.45) is 1.69. The molecule has 1 saturated heterocycles. The molecule has 176 valence electrons. The van der Waals surface area contributed by atoms with Crippen LogP contribution < -0.4 is 9.64 Å². The van der Waals surface area contributed by atoms with Crippen molar-refractivity contribution in [2.75, 3.05) is 11.5 Å². The second-order valence-electron chi connectivity index (χ2n) is 8.02. The molecular weight excluding hydrogens is 471 g/mol. The predicted octanol–water partition coefficient (Wildman–Crippen LogP) is 5.99. The number of carbonyl (C=O) groups excluding carboxylic acids is 2. The van der Waals surface area contributed by atoms with Crippen LogP contribution in [0, 0.1) is 5.82 Å². The Labute approximate surface area is 205 Å². The number of nitrogens with zero attached hydrogens (tertiary/aromatic N) is 1. The van der Waals surface area contributed by atoms with Crippen LogP contribution in [0.3, 0.4) is 0 Å². The van der Waals surface area contributed by atoms with E-state index in [4.69, 9.17) is 16.3 Å². The van der Waals surface area contributed by atoms with Gasteiger partial charge in [-0.15, -0.1) is 0 Å². The van der Waals surface area contributed by atoms with Gasteiger partial charge in [-0.25, -0.2) is 4.39 Å². The standard InChI is InChI=1S/C27H20ClFN2O4/c1-2-35-22-12-15(10-11-20(22)28)25(32)23-24(19-14-30-21-9-4-3-8-18(19)21)31(27(34)26(23)33)17-7-5-6-16(29)13-17/h3-14,24,30,32H,2H2,1H3/b25-23+. The van der Waals surface area contributed by atoms with E-state index in [0.717, 1.165) is 10.9 Å². The fraction of sp³-hybridized carbons (Fsp3) is 0.111. The number of hydrogen-bond donors (Lipinski definition) is 2. The molecule has 1 aromatic heterocycles. The van der Waals surface area contributed by atoms with Crippen molar-refractivity contribution in [3.05, 3.63) is 100 Å². The Balaban J connectivity index is 1.76. The first-order chi connectivity index (χ1) is 16.9. The van der Waals surface area contributed by atoms with E-state index in [2.05, 4.69) is 4.98 Å². The van der Waals surface area contributed by atoms with Crippen molar-refractivity contribution in [3.63, 3.8) is 0 Å². The minimum atomic E-state index is -1.00. The first kappa shape index (κ1) is 22.7. The Hall–Kier alpha value is -4.10. The molecule has 2 N–H and O–H groups in total. The summed E-state index contributed by atoms with van der Waals surface area (Å²) in [6.45, 7) is 2.15. The summed E-state index contributed by atoms with van der Waals surface area (Å²) in [5, 5.41) is 12.5. The maximum Gasteiger partial charge on any atom is 0.300 e. The highest BCUT2D eigenvalue weighted by atomic mass is 35.5. The van der Waals surface area contributed by atoms with E-state index in [1.54, 1.807) is 31.3 Å². The van der Waals surface area contributed by atoms with Crippen LogP contribution in [-0.4, -0.2) is 28.4 Å². The van der Waals surface area contributed by atoms with Gasteiger partial charge in [-0.05, 0) is 49.4 Å². The lowest BCUT2D eigenvalue weighted by Gasteiger charge is -2.25. The lowest BCUT2D eigenvalue weighted by molar-refractivity contribution is -0.132. The van der Waals surface area contributed by atoms with Crippen LogP contribution in [0.5, 0.6) is 5.75 Å². The van der Waals surface area contributed by atoms with Crippen LogP contribution in [0.15, 0.2) is 78.5 Å². The van der Waals surface area contributed by atoms with E-state index >= 15 is 0 Å². The van der Waals surface area contributed by atoms with Gasteiger partial charge in [-0.3, -0.25) is 14.5 Å². The molecule has 1 amide bonds. The van der Waals surface area contributed by atoms with Gasteiger partial charge >= 0.3 is 0 Å². The third-order valence-electron chi connectivity index (χ3n) is 5.95. The summed E-state index contributed by atoms with van der Waals surface area (Å²) in [5.41, 5.74) is 1.73. The molecule has 8 heteroatoms. The molecular formula is C27H20ClFN2O4. The van der Waals surface area contributed by atoms with E-state index in [9.17, 15) is 19.1 Å². The molecule has 3 aromatic carbocycles. The number of carbonyl (C=O) groups is 2. The minimum absolute atomic E-state index is 0.117. The topological polar surface area (TPSA) is 82.6 Å². The second kappa shape index (κ2) is 8.92. The monoisotopic (exact) mass is 490 g/mol. The van der Waals surface area contributed by atoms with Crippen LogP contribution in [0.4, 0.5) is 10.1 Å². The number of aliphatic hydroxyl groups excluding tert-OH is 1. The van der Waals surface area contributed by atoms with Gasteiger partial charge in [0.2, 0.25) is 0 Å². The lowest BCUT2D eigenvalue weighted by atomic mass is 9.94. The molecule has 1 fully saturated rings. The number of aromatic amines is 1. The third kappa shape index (κ3) is 3.84. The molecule has 2 heterocycles. The van der Waals surface area contributed by atoms with E-state index in [1.165, 1.54) is 29.2 Å². The fourth-order valence-electron chi connectivity index (χ4n) is 4.41. The van der Waals surface area contributed by atoms with E-state index in [-0.39, 0.29) is 22.6 Å². The van der Waals surface area contributed by atoms with E-state index in [0.29, 0.717) is 22.9 Å². The quantitative estimate of drug-likeness (QED) is 0.205. The van der Waals surface area contributed by atoms with Crippen LogP contribution in [0.1, 0.15) is 24.1 Å². The molecule has 0 radical (unpaired) electrons. The highest BCUT2D eigenvalue weighted by Gasteiger charge is 2.47. The molecule has 0 spiro atoms. The zero-order valence-electron chi connectivity index (χ0n) is 18.6. The minimum Gasteiger partial charge on any atom is -0.507 e. The Morgan fingerprint density at radius 3 is 2.69 bits per heavy atom. The van der Waals surface area contributed by atoms with Crippen molar-refractivity contribution in [3.8, 4) is 5.75 Å². The molecule has 4 aromatic rings. The number of Topliss-reactive ketones (excluding diaryl/α,β-unsaturated/α-hetero) is 1. The SMILES string of the molecule is CCOc1cc(/C(O)=C2\C(=O)C(=O)N(c3cccc(F)c3)C2c2c[nH]c3ccccc23)ccc1Cl. The van der Waals surface area contributed by atoms with Gasteiger partial charge < -0.3 is 14.8 Å². The molecule has 5 rings (SSSR count). The third-order valence-corrected chi connectivity index (χ3v) is 6.26. The maximum atomic E-state index is 14.1. The predicted molar refractivity (Wildman–Crippen MR) is 132 cm³/mol. The molecule has 1 atom stereocenters. The summed E-state index contributed by atoms with van der Waals surface area (Å²) in [5.74, 6) is -2.35. The van der Waals surface area contributed by atoms with Gasteiger partial charge in [-0.1, -0.05) is 35.9 Å². The van der Waals surface area contributed by atoms with Crippen LogP contribution in [0.2, 0.25) is 5.02 Å². The highest BCUT2D eigenvalue weighted by Crippen LogP contribution is 2.44. The number of nitrogens with one attached hydrogen (secondary N) is 1. The van der Waals surface area contributed by atoms with Crippen molar-refractivity contribution in [2.24, 2.45) is 0 Å². The number of halogens is 2. The summed E-state index contributed by atoms with van der Waals surface area (Å²) in [6, 6.07) is 16.5. The summed E-state index contributed by atoms with van der Waals surface area (Å²) < 4.78 is 19.6. The Kier molecular flexibility index (Phi) is 5.78. The van der Waals surface area contributed by atoms with Gasteiger partial charge in [0.05, 0.1) is 23.2 Å². The average molecular weight is 491 g/mol. The largest absolute Gasteiger partial charge is 0.507 e. The van der Waals surface area contributed by atoms with Crippen molar-refractivity contribution in [2.45, 2.75) is 13.0 Å². The summed E-state index contributed by atoms with van der Waals surface area (Å²) >= 11 is 6.19. The van der Waals surface area contributed by atoms with Gasteiger partial charge in [0.15, 0.2) is 0 Å². The number of amides is 1. The van der Waals surface area contributed by atoms with Crippen LogP contribution >= 0.6 is 11.6 Å². The molecule has 0 saturated carbocycles. The number of aliphatic hydroxyl groups is 1. The average Bonchev–Trinajstić information content (AvgIpc) is 3.39. The van der Waals surface area contributed by atoms with Gasteiger partial charge in [0.25, 0.3) is 11.7 Å². The van der Waals surface area contributed by atoms with Gasteiger partial charge in [0, 0.05) is 33.9 Å². The van der Waals surface area contributed by atoms with Crippen molar-refractivity contribution < 1.29 is 23.8 Å². The number of para-hydroxylation sites is 1. The number of hydrogen-bond acceptors (Lipinski definition) is 4. The number of benzene rings is 3. The molecule has 1 unspecified atom stereocenters. The molecule has 0 aliphatic carbocycles. The number of ether oxygens (including phenoxy) is 1. The smallest absolute Gasteiger partial charge is 0.300 e. The first-order valence-electron chi connectivity index (χ1n) is 11.0. The van der Waals surface area contributed by atoms with Gasteiger partial charge in [-0.2, -0.15) is 0 Å². The molecule has 1 aliphatic rings. The molecule has 1 aliphatic heterocycles. The van der Waals surface area contributed by atoms with Gasteiger partial charge in [0.1, 0.15) is 17.3 Å². The fourth-order valence-corrected chi connectivity index (χ4v) is 4.58. The first-order valence-corrected chi connectivity index (χ1v) is 11.3. The van der Waals surface area contributed by atoms with Crippen molar-refractivity contribution in [1.29, 1.82) is 0 Å². The van der Waals surface area contributed by atoms with Crippen molar-refractivity contribution in [1.82, 2.24) is 4.98 Å². The summed E-state index contributed by atoms with van der Waals surface area (Å²) in [4.78, 5) is 31.0. The normalized spacial score (nSPS) is 17.3. The van der Waals surface area contributed by atoms with Crippen LogP contribution in [-0.2, 0) is 9.59 Å².